The molecular weight excluding hydrogens is 200 g/mol. The number of methoxy groups -OCH3 is 1. The Labute approximate surface area is 95.6 Å². The fourth-order valence-electron chi connectivity index (χ4n) is 1.41. The lowest BCUT2D eigenvalue weighted by Crippen LogP contribution is -1.90. The van der Waals surface area contributed by atoms with Crippen molar-refractivity contribution in [3.63, 3.8) is 0 Å². The Morgan fingerprint density at radius 1 is 1.19 bits per heavy atom. The molecule has 0 amide bonds. The first-order valence-corrected chi connectivity index (χ1v) is 4.85. The third-order valence-electron chi connectivity index (χ3n) is 2.23. The second-order valence-corrected chi connectivity index (χ2v) is 3.13. The molecule has 0 N–H and O–H groups in total. The summed E-state index contributed by atoms with van der Waals surface area (Å²) in [6.45, 7) is 7.41. The summed E-state index contributed by atoms with van der Waals surface area (Å²) < 4.78 is 5.18. The van der Waals surface area contributed by atoms with Crippen LogP contribution in [0.3, 0.4) is 0 Å². The molecule has 2 nitrogen and oxygen atoms in total. The third-order valence-corrected chi connectivity index (χ3v) is 2.23. The lowest BCUT2D eigenvalue weighted by Gasteiger charge is -2.08. The molecule has 2 heteroatoms. The SMILES string of the molecule is C=C/C(OC)=C(\C=C)c1ccc(C=O)cc1. The maximum Gasteiger partial charge on any atom is 0.150 e. The highest BCUT2D eigenvalue weighted by atomic mass is 16.5. The lowest BCUT2D eigenvalue weighted by molar-refractivity contribution is 0.112. The first-order chi connectivity index (χ1) is 7.76. The summed E-state index contributed by atoms with van der Waals surface area (Å²) in [6.07, 6.45) is 4.15. The van der Waals surface area contributed by atoms with E-state index in [-0.39, 0.29) is 0 Å². The topological polar surface area (TPSA) is 26.3 Å². The fraction of sp³-hybridized carbons (Fsp3) is 0.0714. The van der Waals surface area contributed by atoms with Crippen molar-refractivity contribution in [2.45, 2.75) is 0 Å². The molecule has 0 radical (unpaired) electrons. The Hall–Kier alpha value is -2.09. The molecule has 0 aliphatic carbocycles. The number of hydrogen-bond donors (Lipinski definition) is 0. The molecule has 0 aliphatic rings. The summed E-state index contributed by atoms with van der Waals surface area (Å²) in [4.78, 5) is 10.5. The van der Waals surface area contributed by atoms with E-state index in [9.17, 15) is 4.79 Å². The fourth-order valence-corrected chi connectivity index (χ4v) is 1.41. The van der Waals surface area contributed by atoms with Crippen LogP contribution < -0.4 is 0 Å². The Morgan fingerprint density at radius 3 is 2.19 bits per heavy atom. The van der Waals surface area contributed by atoms with Gasteiger partial charge in [-0.1, -0.05) is 43.5 Å². The molecule has 0 spiro atoms. The number of rotatable bonds is 5. The van der Waals surface area contributed by atoms with E-state index >= 15 is 0 Å². The van der Waals surface area contributed by atoms with E-state index in [0.29, 0.717) is 11.3 Å². The highest BCUT2D eigenvalue weighted by molar-refractivity contribution is 5.80. The molecule has 0 atom stereocenters. The van der Waals surface area contributed by atoms with Gasteiger partial charge in [-0.25, -0.2) is 0 Å². The number of benzene rings is 1. The maximum absolute atomic E-state index is 10.5. The van der Waals surface area contributed by atoms with Crippen molar-refractivity contribution in [3.8, 4) is 0 Å². The molecule has 0 fully saturated rings. The van der Waals surface area contributed by atoms with Gasteiger partial charge in [-0.3, -0.25) is 4.79 Å². The maximum atomic E-state index is 10.5. The summed E-state index contributed by atoms with van der Waals surface area (Å²) in [7, 11) is 1.58. The average Bonchev–Trinajstić information content (AvgIpc) is 2.36. The molecule has 1 aromatic carbocycles. The summed E-state index contributed by atoms with van der Waals surface area (Å²) in [5.41, 5.74) is 2.44. The van der Waals surface area contributed by atoms with E-state index in [0.717, 1.165) is 17.4 Å². The van der Waals surface area contributed by atoms with Crippen LogP contribution in [-0.4, -0.2) is 13.4 Å². The minimum absolute atomic E-state index is 0.643. The van der Waals surface area contributed by atoms with Gasteiger partial charge in [0, 0.05) is 11.1 Å². The van der Waals surface area contributed by atoms with E-state index in [4.69, 9.17) is 4.74 Å². The summed E-state index contributed by atoms with van der Waals surface area (Å²) in [5.74, 6) is 0.661. The largest absolute Gasteiger partial charge is 0.496 e. The Bertz CT molecular complexity index is 425. The molecule has 82 valence electrons. The van der Waals surface area contributed by atoms with Crippen LogP contribution in [0.1, 0.15) is 15.9 Å². The van der Waals surface area contributed by atoms with Gasteiger partial charge in [0.2, 0.25) is 0 Å². The number of hydrogen-bond acceptors (Lipinski definition) is 2. The molecule has 0 unspecified atom stereocenters. The van der Waals surface area contributed by atoms with E-state index in [1.807, 2.05) is 12.1 Å². The van der Waals surface area contributed by atoms with Crippen molar-refractivity contribution in [1.29, 1.82) is 0 Å². The van der Waals surface area contributed by atoms with E-state index < -0.39 is 0 Å². The summed E-state index contributed by atoms with van der Waals surface area (Å²) >= 11 is 0. The van der Waals surface area contributed by atoms with Gasteiger partial charge in [0.25, 0.3) is 0 Å². The molecular formula is C14H14O2. The van der Waals surface area contributed by atoms with Gasteiger partial charge in [0.15, 0.2) is 0 Å². The predicted octanol–water partition coefficient (Wildman–Crippen LogP) is 3.23. The summed E-state index contributed by atoms with van der Waals surface area (Å²) in [6, 6.07) is 7.21. The zero-order valence-corrected chi connectivity index (χ0v) is 9.27. The van der Waals surface area contributed by atoms with Gasteiger partial charge in [-0.05, 0) is 11.6 Å². The Balaban J connectivity index is 3.23. The van der Waals surface area contributed by atoms with Gasteiger partial charge >= 0.3 is 0 Å². The van der Waals surface area contributed by atoms with Crippen LogP contribution in [0.25, 0.3) is 5.57 Å². The van der Waals surface area contributed by atoms with Crippen LogP contribution in [-0.2, 0) is 4.74 Å². The number of carbonyl (C=O) groups excluding carboxylic acids is 1. The van der Waals surface area contributed by atoms with Crippen molar-refractivity contribution in [2.75, 3.05) is 7.11 Å². The Kier molecular flexibility index (Phi) is 4.28. The second kappa shape index (κ2) is 5.71. The average molecular weight is 214 g/mol. The van der Waals surface area contributed by atoms with Crippen LogP contribution in [0, 0.1) is 0 Å². The van der Waals surface area contributed by atoms with Crippen molar-refractivity contribution in [3.05, 3.63) is 66.5 Å². The zero-order valence-electron chi connectivity index (χ0n) is 9.27. The molecule has 0 heterocycles. The van der Waals surface area contributed by atoms with Gasteiger partial charge in [-0.2, -0.15) is 0 Å². The van der Waals surface area contributed by atoms with Crippen molar-refractivity contribution < 1.29 is 9.53 Å². The zero-order chi connectivity index (χ0) is 12.0. The summed E-state index contributed by atoms with van der Waals surface area (Å²) in [5, 5.41) is 0. The third kappa shape index (κ3) is 2.48. The minimum Gasteiger partial charge on any atom is -0.496 e. The minimum atomic E-state index is 0.643. The van der Waals surface area contributed by atoms with E-state index in [1.54, 1.807) is 31.4 Å². The lowest BCUT2D eigenvalue weighted by atomic mass is 10.0. The predicted molar refractivity (Wildman–Crippen MR) is 66.2 cm³/mol. The van der Waals surface area contributed by atoms with Crippen LogP contribution in [0.15, 0.2) is 55.3 Å². The first-order valence-electron chi connectivity index (χ1n) is 4.85. The van der Waals surface area contributed by atoms with Gasteiger partial charge in [0.05, 0.1) is 7.11 Å². The van der Waals surface area contributed by atoms with Gasteiger partial charge in [-0.15, -0.1) is 0 Å². The molecule has 0 aliphatic heterocycles. The standard InChI is InChI=1S/C14H14O2/c1-4-13(14(5-2)16-3)12-8-6-11(10-15)7-9-12/h4-10H,1-2H2,3H3/b14-13-. The van der Waals surface area contributed by atoms with Crippen molar-refractivity contribution in [2.24, 2.45) is 0 Å². The number of allylic oxidation sites excluding steroid dienone is 3. The van der Waals surface area contributed by atoms with Crippen molar-refractivity contribution in [1.82, 2.24) is 0 Å². The quantitative estimate of drug-likeness (QED) is 0.427. The number of ether oxygens (including phenoxy) is 1. The highest BCUT2D eigenvalue weighted by Gasteiger charge is 2.03. The normalized spacial score (nSPS) is 11.3. The highest BCUT2D eigenvalue weighted by Crippen LogP contribution is 2.21. The van der Waals surface area contributed by atoms with Gasteiger partial charge in [0.1, 0.15) is 12.0 Å². The molecule has 0 saturated carbocycles. The molecule has 0 bridgehead atoms. The second-order valence-electron chi connectivity index (χ2n) is 3.13. The van der Waals surface area contributed by atoms with Crippen LogP contribution in [0.4, 0.5) is 0 Å². The van der Waals surface area contributed by atoms with Gasteiger partial charge < -0.3 is 4.74 Å². The number of carbonyl (C=O) groups is 1. The van der Waals surface area contributed by atoms with E-state index in [2.05, 4.69) is 13.2 Å². The molecule has 1 rings (SSSR count). The van der Waals surface area contributed by atoms with Crippen LogP contribution in [0.2, 0.25) is 0 Å². The molecule has 0 saturated heterocycles. The van der Waals surface area contributed by atoms with Crippen LogP contribution in [0.5, 0.6) is 0 Å². The molecule has 0 aromatic heterocycles. The monoisotopic (exact) mass is 214 g/mol. The van der Waals surface area contributed by atoms with E-state index in [1.165, 1.54) is 0 Å². The first kappa shape index (κ1) is 12.0. The van der Waals surface area contributed by atoms with Crippen molar-refractivity contribution >= 4 is 11.9 Å². The molecule has 1 aromatic rings. The number of aldehydes is 1. The molecule has 16 heavy (non-hydrogen) atoms. The van der Waals surface area contributed by atoms with Crippen LogP contribution >= 0.6 is 0 Å². The Morgan fingerprint density at radius 2 is 1.81 bits per heavy atom. The smallest absolute Gasteiger partial charge is 0.150 e.